The maximum Gasteiger partial charge on any atom is 0.239 e. The summed E-state index contributed by atoms with van der Waals surface area (Å²) in [6, 6.07) is 5.72. The number of methoxy groups -OCH3 is 1. The summed E-state index contributed by atoms with van der Waals surface area (Å²) in [5.41, 5.74) is 1.05. The SMILES string of the molecule is COc1ccc(Br)cc1CN(C)[C@H](C)C(=O)N1C[C@@H](C)O[C@@H](C)C1. The van der Waals surface area contributed by atoms with Crippen LogP contribution in [0.2, 0.25) is 0 Å². The topological polar surface area (TPSA) is 42.0 Å². The third-order valence-corrected chi connectivity index (χ3v) is 4.91. The van der Waals surface area contributed by atoms with Crippen molar-refractivity contribution >= 4 is 21.8 Å². The van der Waals surface area contributed by atoms with Crippen molar-refractivity contribution in [1.29, 1.82) is 0 Å². The van der Waals surface area contributed by atoms with Gasteiger partial charge in [0.2, 0.25) is 5.91 Å². The molecule has 1 aliphatic rings. The minimum absolute atomic E-state index is 0.0837. The van der Waals surface area contributed by atoms with E-state index in [4.69, 9.17) is 9.47 Å². The number of amides is 1. The molecule has 2 rings (SSSR count). The van der Waals surface area contributed by atoms with Gasteiger partial charge in [0.25, 0.3) is 0 Å². The first-order valence-electron chi connectivity index (χ1n) is 8.28. The van der Waals surface area contributed by atoms with E-state index in [1.165, 1.54) is 0 Å². The van der Waals surface area contributed by atoms with Gasteiger partial charge in [-0.05, 0) is 46.0 Å². The molecule has 1 heterocycles. The minimum Gasteiger partial charge on any atom is -0.496 e. The molecule has 134 valence electrons. The molecule has 1 aliphatic heterocycles. The third kappa shape index (κ3) is 4.71. The molecule has 3 atom stereocenters. The molecule has 5 nitrogen and oxygen atoms in total. The van der Waals surface area contributed by atoms with Crippen molar-refractivity contribution in [1.82, 2.24) is 9.80 Å². The Morgan fingerprint density at radius 1 is 1.42 bits per heavy atom. The normalized spacial score (nSPS) is 22.5. The molecule has 0 saturated carbocycles. The van der Waals surface area contributed by atoms with E-state index >= 15 is 0 Å². The first-order chi connectivity index (χ1) is 11.3. The quantitative estimate of drug-likeness (QED) is 0.764. The summed E-state index contributed by atoms with van der Waals surface area (Å²) in [7, 11) is 3.63. The summed E-state index contributed by atoms with van der Waals surface area (Å²) in [6.07, 6.45) is 0.167. The number of hydrogen-bond donors (Lipinski definition) is 0. The van der Waals surface area contributed by atoms with Crippen molar-refractivity contribution in [3.8, 4) is 5.75 Å². The van der Waals surface area contributed by atoms with E-state index in [1.807, 2.05) is 50.9 Å². The van der Waals surface area contributed by atoms with Crippen molar-refractivity contribution in [2.75, 3.05) is 27.2 Å². The molecule has 0 N–H and O–H groups in total. The third-order valence-electron chi connectivity index (χ3n) is 4.41. The molecular weight excluding hydrogens is 372 g/mol. The van der Waals surface area contributed by atoms with Gasteiger partial charge in [-0.25, -0.2) is 0 Å². The number of carbonyl (C=O) groups is 1. The average Bonchev–Trinajstić information content (AvgIpc) is 2.52. The number of nitrogens with zero attached hydrogens (tertiary/aromatic N) is 2. The molecule has 1 fully saturated rings. The van der Waals surface area contributed by atoms with Gasteiger partial charge >= 0.3 is 0 Å². The molecule has 0 spiro atoms. The van der Waals surface area contributed by atoms with Crippen LogP contribution in [0.4, 0.5) is 0 Å². The van der Waals surface area contributed by atoms with Crippen LogP contribution in [0.25, 0.3) is 0 Å². The predicted molar refractivity (Wildman–Crippen MR) is 98.2 cm³/mol. The van der Waals surface area contributed by atoms with Crippen LogP contribution in [0.3, 0.4) is 0 Å². The van der Waals surface area contributed by atoms with Gasteiger partial charge in [-0.1, -0.05) is 15.9 Å². The van der Waals surface area contributed by atoms with Crippen LogP contribution < -0.4 is 4.74 Å². The highest BCUT2D eigenvalue weighted by molar-refractivity contribution is 9.10. The lowest BCUT2D eigenvalue weighted by molar-refractivity contribution is -0.147. The number of benzene rings is 1. The van der Waals surface area contributed by atoms with Gasteiger partial charge in [0.1, 0.15) is 5.75 Å². The van der Waals surface area contributed by atoms with E-state index < -0.39 is 0 Å². The Morgan fingerprint density at radius 3 is 2.62 bits per heavy atom. The number of halogens is 1. The fourth-order valence-corrected chi connectivity index (χ4v) is 3.50. The van der Waals surface area contributed by atoms with Crippen LogP contribution in [0, 0.1) is 0 Å². The molecule has 24 heavy (non-hydrogen) atoms. The number of hydrogen-bond acceptors (Lipinski definition) is 4. The van der Waals surface area contributed by atoms with Gasteiger partial charge in [-0.15, -0.1) is 0 Å². The fraction of sp³-hybridized carbons (Fsp3) is 0.611. The smallest absolute Gasteiger partial charge is 0.239 e. The van der Waals surface area contributed by atoms with E-state index in [1.54, 1.807) is 7.11 Å². The van der Waals surface area contributed by atoms with Crippen molar-refractivity contribution in [3.05, 3.63) is 28.2 Å². The van der Waals surface area contributed by atoms with Gasteiger partial charge < -0.3 is 14.4 Å². The number of morpholine rings is 1. The zero-order valence-electron chi connectivity index (χ0n) is 15.1. The second kappa shape index (κ2) is 8.32. The van der Waals surface area contributed by atoms with Crippen LogP contribution in [-0.2, 0) is 16.1 Å². The van der Waals surface area contributed by atoms with Gasteiger partial charge in [0, 0.05) is 29.7 Å². The molecule has 0 unspecified atom stereocenters. The van der Waals surface area contributed by atoms with Crippen LogP contribution >= 0.6 is 15.9 Å². The summed E-state index contributed by atoms with van der Waals surface area (Å²) in [5, 5.41) is 0. The lowest BCUT2D eigenvalue weighted by Crippen LogP contribution is -2.53. The summed E-state index contributed by atoms with van der Waals surface area (Å²) < 4.78 is 12.1. The Hall–Kier alpha value is -1.11. The highest BCUT2D eigenvalue weighted by Gasteiger charge is 2.30. The molecule has 0 aliphatic carbocycles. The Balaban J connectivity index is 2.05. The van der Waals surface area contributed by atoms with E-state index in [0.717, 1.165) is 15.8 Å². The van der Waals surface area contributed by atoms with Crippen molar-refractivity contribution in [2.45, 2.75) is 45.6 Å². The Labute approximate surface area is 153 Å². The van der Waals surface area contributed by atoms with E-state index in [0.29, 0.717) is 19.6 Å². The number of rotatable bonds is 5. The molecule has 1 saturated heterocycles. The summed E-state index contributed by atoms with van der Waals surface area (Å²) in [5.74, 6) is 0.978. The maximum atomic E-state index is 12.8. The lowest BCUT2D eigenvalue weighted by Gasteiger charge is -2.38. The summed E-state index contributed by atoms with van der Waals surface area (Å²) in [6.45, 7) is 7.93. The molecule has 1 amide bonds. The molecule has 6 heteroatoms. The van der Waals surface area contributed by atoms with Gasteiger partial charge in [-0.2, -0.15) is 0 Å². The van der Waals surface area contributed by atoms with Crippen LogP contribution in [0.15, 0.2) is 22.7 Å². The zero-order valence-corrected chi connectivity index (χ0v) is 16.7. The minimum atomic E-state index is -0.203. The van der Waals surface area contributed by atoms with Gasteiger partial charge in [-0.3, -0.25) is 9.69 Å². The molecule has 0 bridgehead atoms. The highest BCUT2D eigenvalue weighted by atomic mass is 79.9. The highest BCUT2D eigenvalue weighted by Crippen LogP contribution is 2.25. The predicted octanol–water partition coefficient (Wildman–Crippen LogP) is 2.91. The Kier molecular flexibility index (Phi) is 6.66. The van der Waals surface area contributed by atoms with Gasteiger partial charge in [0.05, 0.1) is 25.4 Å². The summed E-state index contributed by atoms with van der Waals surface area (Å²) >= 11 is 3.49. The van der Waals surface area contributed by atoms with Gasteiger partial charge in [0.15, 0.2) is 0 Å². The molecule has 1 aromatic rings. The standard InChI is InChI=1S/C18H27BrN2O3/c1-12-9-21(10-13(2)24-12)18(22)14(3)20(4)11-15-8-16(19)6-7-17(15)23-5/h6-8,12-14H,9-11H2,1-5H3/t12-,13+,14-/m1/s1. The maximum absolute atomic E-state index is 12.8. The second-order valence-electron chi connectivity index (χ2n) is 6.55. The van der Waals surface area contributed by atoms with Crippen molar-refractivity contribution < 1.29 is 14.3 Å². The molecule has 0 aromatic heterocycles. The molecule has 0 radical (unpaired) electrons. The Bertz CT molecular complexity index is 571. The van der Waals surface area contributed by atoms with Crippen LogP contribution in [0.1, 0.15) is 26.3 Å². The second-order valence-corrected chi connectivity index (χ2v) is 7.46. The number of ether oxygens (including phenoxy) is 2. The molecular formula is C18H27BrN2O3. The number of likely N-dealkylation sites (N-methyl/N-ethyl adjacent to an activating group) is 1. The van der Waals surface area contributed by atoms with E-state index in [2.05, 4.69) is 20.8 Å². The van der Waals surface area contributed by atoms with Crippen molar-refractivity contribution in [3.63, 3.8) is 0 Å². The lowest BCUT2D eigenvalue weighted by atomic mass is 10.1. The van der Waals surface area contributed by atoms with Crippen molar-refractivity contribution in [2.24, 2.45) is 0 Å². The zero-order chi connectivity index (χ0) is 17.9. The first kappa shape index (κ1) is 19.2. The first-order valence-corrected chi connectivity index (χ1v) is 9.08. The summed E-state index contributed by atoms with van der Waals surface area (Å²) in [4.78, 5) is 16.8. The monoisotopic (exact) mass is 398 g/mol. The fourth-order valence-electron chi connectivity index (χ4n) is 3.09. The van der Waals surface area contributed by atoms with Crippen LogP contribution in [-0.4, -0.2) is 61.2 Å². The van der Waals surface area contributed by atoms with E-state index in [9.17, 15) is 4.79 Å². The largest absolute Gasteiger partial charge is 0.496 e. The average molecular weight is 399 g/mol. The van der Waals surface area contributed by atoms with E-state index in [-0.39, 0.29) is 24.2 Å². The Morgan fingerprint density at radius 2 is 2.04 bits per heavy atom. The number of carbonyl (C=O) groups excluding carboxylic acids is 1. The molecule has 1 aromatic carbocycles. The van der Waals surface area contributed by atoms with Crippen LogP contribution in [0.5, 0.6) is 5.75 Å².